The fraction of sp³-hybridized carbons (Fsp3) is 0.333. The Labute approximate surface area is 72.0 Å². The summed E-state index contributed by atoms with van der Waals surface area (Å²) in [7, 11) is 1.89. The molecule has 0 aliphatic heterocycles. The van der Waals surface area contributed by atoms with Gasteiger partial charge in [-0.2, -0.15) is 5.26 Å². The van der Waals surface area contributed by atoms with E-state index in [0.717, 1.165) is 11.3 Å². The number of nitriles is 1. The predicted molar refractivity (Wildman–Crippen MR) is 47.2 cm³/mol. The predicted octanol–water partition coefficient (Wildman–Crippen LogP) is 1.71. The van der Waals surface area contributed by atoms with Gasteiger partial charge < -0.3 is 4.57 Å². The van der Waals surface area contributed by atoms with E-state index in [0.29, 0.717) is 5.69 Å². The maximum atomic E-state index is 8.72. The van der Waals surface area contributed by atoms with Crippen LogP contribution in [-0.2, 0) is 7.05 Å². The molecule has 1 heterocycles. The zero-order valence-electron chi connectivity index (χ0n) is 7.50. The van der Waals surface area contributed by atoms with Gasteiger partial charge in [-0.3, -0.25) is 0 Å². The van der Waals surface area contributed by atoms with E-state index in [1.807, 2.05) is 31.5 Å². The molecule has 0 saturated carbocycles. The second kappa shape index (κ2) is 3.22. The van der Waals surface area contributed by atoms with Crippen molar-refractivity contribution in [2.24, 2.45) is 7.05 Å². The molecule has 1 aromatic heterocycles. The number of allylic oxidation sites excluding steroid dienone is 2. The largest absolute Gasteiger partial charge is 0.333 e. The van der Waals surface area contributed by atoms with Crippen LogP contribution in [0.4, 0.5) is 0 Å². The molecular formula is C9H11N3. The van der Waals surface area contributed by atoms with Crippen LogP contribution in [0.25, 0.3) is 5.57 Å². The number of aromatic nitrogens is 2. The molecule has 1 aromatic rings. The SMILES string of the molecule is CC=C(C)c1c(C#N)ncn1C. The van der Waals surface area contributed by atoms with Crippen molar-refractivity contribution < 1.29 is 0 Å². The molecule has 12 heavy (non-hydrogen) atoms. The summed E-state index contributed by atoms with van der Waals surface area (Å²) in [6.07, 6.45) is 3.62. The van der Waals surface area contributed by atoms with Crippen LogP contribution in [-0.4, -0.2) is 9.55 Å². The Morgan fingerprint density at radius 2 is 2.42 bits per heavy atom. The van der Waals surface area contributed by atoms with Gasteiger partial charge in [0.05, 0.1) is 12.0 Å². The Morgan fingerprint density at radius 1 is 1.75 bits per heavy atom. The topological polar surface area (TPSA) is 41.6 Å². The minimum Gasteiger partial charge on any atom is -0.333 e. The van der Waals surface area contributed by atoms with Crippen molar-refractivity contribution in [1.29, 1.82) is 5.26 Å². The van der Waals surface area contributed by atoms with Crippen LogP contribution in [0.5, 0.6) is 0 Å². The van der Waals surface area contributed by atoms with Gasteiger partial charge in [0.2, 0.25) is 0 Å². The van der Waals surface area contributed by atoms with Gasteiger partial charge in [0.25, 0.3) is 0 Å². The zero-order valence-corrected chi connectivity index (χ0v) is 7.50. The Hall–Kier alpha value is -1.56. The lowest BCUT2D eigenvalue weighted by atomic mass is 10.2. The first-order chi connectivity index (χ1) is 5.70. The van der Waals surface area contributed by atoms with Crippen LogP contribution in [0.15, 0.2) is 12.4 Å². The van der Waals surface area contributed by atoms with E-state index < -0.39 is 0 Å². The van der Waals surface area contributed by atoms with Gasteiger partial charge in [0.15, 0.2) is 5.69 Å². The van der Waals surface area contributed by atoms with E-state index in [9.17, 15) is 0 Å². The van der Waals surface area contributed by atoms with Crippen molar-refractivity contribution in [3.8, 4) is 6.07 Å². The molecule has 0 aliphatic carbocycles. The molecule has 0 fully saturated rings. The van der Waals surface area contributed by atoms with E-state index in [1.165, 1.54) is 0 Å². The first-order valence-electron chi connectivity index (χ1n) is 3.75. The summed E-state index contributed by atoms with van der Waals surface area (Å²) >= 11 is 0. The average Bonchev–Trinajstić information content (AvgIpc) is 2.45. The quantitative estimate of drug-likeness (QED) is 0.629. The molecule has 3 nitrogen and oxygen atoms in total. The molecule has 1 rings (SSSR count). The minimum atomic E-state index is 0.494. The summed E-state index contributed by atoms with van der Waals surface area (Å²) in [5.41, 5.74) is 2.47. The van der Waals surface area contributed by atoms with Crippen LogP contribution in [0.2, 0.25) is 0 Å². The molecule has 0 radical (unpaired) electrons. The highest BCUT2D eigenvalue weighted by Crippen LogP contribution is 2.15. The molecule has 62 valence electrons. The van der Waals surface area contributed by atoms with Crippen LogP contribution >= 0.6 is 0 Å². The molecule has 0 aliphatic rings. The lowest BCUT2D eigenvalue weighted by Crippen LogP contribution is -1.93. The van der Waals surface area contributed by atoms with Gasteiger partial charge in [-0.05, 0) is 19.4 Å². The monoisotopic (exact) mass is 161 g/mol. The Kier molecular flexibility index (Phi) is 2.29. The molecular weight excluding hydrogens is 150 g/mol. The second-order valence-electron chi connectivity index (χ2n) is 2.64. The molecule has 0 spiro atoms. The third kappa shape index (κ3) is 1.24. The summed E-state index contributed by atoms with van der Waals surface area (Å²) in [4.78, 5) is 3.96. The van der Waals surface area contributed by atoms with Gasteiger partial charge in [-0.1, -0.05) is 6.08 Å². The first kappa shape index (κ1) is 8.54. The van der Waals surface area contributed by atoms with E-state index in [4.69, 9.17) is 5.26 Å². The molecule has 0 unspecified atom stereocenters. The summed E-state index contributed by atoms with van der Waals surface area (Å²) in [6, 6.07) is 2.06. The van der Waals surface area contributed by atoms with Crippen molar-refractivity contribution in [3.05, 3.63) is 23.8 Å². The molecule has 0 amide bonds. The number of rotatable bonds is 1. The van der Waals surface area contributed by atoms with E-state index in [2.05, 4.69) is 11.1 Å². The third-order valence-electron chi connectivity index (χ3n) is 1.85. The maximum Gasteiger partial charge on any atom is 0.166 e. The molecule has 0 atom stereocenters. The fourth-order valence-corrected chi connectivity index (χ4v) is 1.11. The summed E-state index contributed by atoms with van der Waals surface area (Å²) in [5, 5.41) is 8.72. The van der Waals surface area contributed by atoms with Crippen molar-refractivity contribution >= 4 is 5.57 Å². The molecule has 0 saturated heterocycles. The van der Waals surface area contributed by atoms with E-state index >= 15 is 0 Å². The fourth-order valence-electron chi connectivity index (χ4n) is 1.11. The van der Waals surface area contributed by atoms with E-state index in [1.54, 1.807) is 6.33 Å². The first-order valence-corrected chi connectivity index (χ1v) is 3.75. The van der Waals surface area contributed by atoms with E-state index in [-0.39, 0.29) is 0 Å². The van der Waals surface area contributed by atoms with Crippen molar-refractivity contribution in [3.63, 3.8) is 0 Å². The molecule has 0 aromatic carbocycles. The summed E-state index contributed by atoms with van der Waals surface area (Å²) in [6.45, 7) is 3.92. The number of nitrogens with zero attached hydrogens (tertiary/aromatic N) is 3. The Balaban J connectivity index is 3.31. The minimum absolute atomic E-state index is 0.494. The van der Waals surface area contributed by atoms with Crippen LogP contribution < -0.4 is 0 Å². The number of imidazole rings is 1. The molecule has 0 bridgehead atoms. The molecule has 3 heteroatoms. The maximum absolute atomic E-state index is 8.72. The smallest absolute Gasteiger partial charge is 0.166 e. The lowest BCUT2D eigenvalue weighted by molar-refractivity contribution is 0.895. The molecule has 0 N–H and O–H groups in total. The van der Waals surface area contributed by atoms with Gasteiger partial charge in [0.1, 0.15) is 6.07 Å². The average molecular weight is 161 g/mol. The van der Waals surface area contributed by atoms with Crippen LogP contribution in [0, 0.1) is 11.3 Å². The highest BCUT2D eigenvalue weighted by atomic mass is 15.0. The van der Waals surface area contributed by atoms with Crippen LogP contribution in [0.1, 0.15) is 25.2 Å². The van der Waals surface area contributed by atoms with Gasteiger partial charge in [-0.25, -0.2) is 4.98 Å². The Morgan fingerprint density at radius 3 is 2.92 bits per heavy atom. The number of hydrogen-bond donors (Lipinski definition) is 0. The van der Waals surface area contributed by atoms with Crippen LogP contribution in [0.3, 0.4) is 0 Å². The van der Waals surface area contributed by atoms with Crippen molar-refractivity contribution in [1.82, 2.24) is 9.55 Å². The summed E-state index contributed by atoms with van der Waals surface area (Å²) in [5.74, 6) is 0. The normalized spacial score (nSPS) is 11.3. The summed E-state index contributed by atoms with van der Waals surface area (Å²) < 4.78 is 1.86. The van der Waals surface area contributed by atoms with Crippen molar-refractivity contribution in [2.45, 2.75) is 13.8 Å². The number of hydrogen-bond acceptors (Lipinski definition) is 2. The standard InChI is InChI=1S/C9H11N3/c1-4-7(2)9-8(5-10)11-6-12(9)3/h4,6H,1-3H3. The lowest BCUT2D eigenvalue weighted by Gasteiger charge is -2.00. The van der Waals surface area contributed by atoms with Gasteiger partial charge in [-0.15, -0.1) is 0 Å². The second-order valence-corrected chi connectivity index (χ2v) is 2.64. The van der Waals surface area contributed by atoms with Gasteiger partial charge >= 0.3 is 0 Å². The Bertz CT molecular complexity index is 352. The third-order valence-corrected chi connectivity index (χ3v) is 1.85. The van der Waals surface area contributed by atoms with Gasteiger partial charge in [0, 0.05) is 7.05 Å². The van der Waals surface area contributed by atoms with Crippen molar-refractivity contribution in [2.75, 3.05) is 0 Å². The highest BCUT2D eigenvalue weighted by molar-refractivity contribution is 5.64. The highest BCUT2D eigenvalue weighted by Gasteiger charge is 2.08. The number of aryl methyl sites for hydroxylation is 1. The zero-order chi connectivity index (χ0) is 9.14.